The highest BCUT2D eigenvalue weighted by atomic mass is 19.3. The molecule has 4 nitrogen and oxygen atoms in total. The van der Waals surface area contributed by atoms with Crippen molar-refractivity contribution in [2.75, 3.05) is 0 Å². The van der Waals surface area contributed by atoms with Gasteiger partial charge in [0.25, 0.3) is 5.91 Å². The number of halogens is 2. The molecule has 1 amide bonds. The average Bonchev–Trinajstić information content (AvgIpc) is 2.59. The lowest BCUT2D eigenvalue weighted by Crippen LogP contribution is -2.22. The van der Waals surface area contributed by atoms with Gasteiger partial charge in [-0.25, -0.2) is 0 Å². The molecule has 0 bridgehead atoms. The molecule has 0 saturated heterocycles. The normalized spacial score (nSPS) is 11.0. The fourth-order valence-corrected chi connectivity index (χ4v) is 2.09. The van der Waals surface area contributed by atoms with Crippen LogP contribution in [0.2, 0.25) is 0 Å². The van der Waals surface area contributed by atoms with Gasteiger partial charge >= 0.3 is 6.61 Å². The second kappa shape index (κ2) is 9.13. The van der Waals surface area contributed by atoms with E-state index >= 15 is 0 Å². The first kappa shape index (κ1) is 18.9. The first-order chi connectivity index (χ1) is 11.9. The summed E-state index contributed by atoms with van der Waals surface area (Å²) >= 11 is 0. The Balaban J connectivity index is 1.84. The number of hydrogen-bond acceptors (Lipinski definition) is 3. The first-order valence-electron chi connectivity index (χ1n) is 7.96. The average molecular weight is 349 g/mol. The molecule has 0 fully saturated rings. The van der Waals surface area contributed by atoms with Crippen LogP contribution in [-0.2, 0) is 17.9 Å². The largest absolute Gasteiger partial charge is 0.435 e. The van der Waals surface area contributed by atoms with E-state index in [2.05, 4.69) is 10.1 Å². The van der Waals surface area contributed by atoms with Gasteiger partial charge in [-0.05, 0) is 49.2 Å². The van der Waals surface area contributed by atoms with Crippen LogP contribution < -0.4 is 10.1 Å². The monoisotopic (exact) mass is 349 g/mol. The lowest BCUT2D eigenvalue weighted by molar-refractivity contribution is -0.0498. The Bertz CT molecular complexity index is 670. The molecule has 2 rings (SSSR count). The van der Waals surface area contributed by atoms with Crippen molar-refractivity contribution in [3.8, 4) is 5.75 Å². The highest BCUT2D eigenvalue weighted by Crippen LogP contribution is 2.15. The van der Waals surface area contributed by atoms with Crippen LogP contribution in [0, 0.1) is 0 Å². The molecule has 0 saturated carbocycles. The van der Waals surface area contributed by atoms with Crippen LogP contribution in [0.15, 0.2) is 48.5 Å². The van der Waals surface area contributed by atoms with Crippen molar-refractivity contribution in [3.63, 3.8) is 0 Å². The fourth-order valence-electron chi connectivity index (χ4n) is 2.09. The molecule has 0 heterocycles. The highest BCUT2D eigenvalue weighted by molar-refractivity contribution is 5.94. The lowest BCUT2D eigenvalue weighted by atomic mass is 10.1. The zero-order chi connectivity index (χ0) is 18.2. The van der Waals surface area contributed by atoms with E-state index in [0.717, 1.165) is 11.1 Å². The number of benzene rings is 2. The molecule has 6 heteroatoms. The van der Waals surface area contributed by atoms with Gasteiger partial charge in [-0.2, -0.15) is 8.78 Å². The SMILES string of the molecule is CC(C)OCc1ccc(CNC(=O)c2ccc(OC(F)F)cc2)cc1. The van der Waals surface area contributed by atoms with Gasteiger partial charge in [0.15, 0.2) is 0 Å². The number of rotatable bonds is 8. The molecule has 0 unspecified atom stereocenters. The van der Waals surface area contributed by atoms with Crippen LogP contribution >= 0.6 is 0 Å². The van der Waals surface area contributed by atoms with E-state index in [4.69, 9.17) is 4.74 Å². The van der Waals surface area contributed by atoms with E-state index in [1.165, 1.54) is 24.3 Å². The minimum Gasteiger partial charge on any atom is -0.435 e. The third kappa shape index (κ3) is 6.51. The van der Waals surface area contributed by atoms with Crippen LogP contribution in [0.25, 0.3) is 0 Å². The van der Waals surface area contributed by atoms with Gasteiger partial charge in [-0.3, -0.25) is 4.79 Å². The standard InChI is InChI=1S/C19H21F2NO3/c1-13(2)24-12-15-5-3-14(4-6-15)11-22-18(23)16-7-9-17(10-8-16)25-19(20)21/h3-10,13,19H,11-12H2,1-2H3,(H,22,23). The summed E-state index contributed by atoms with van der Waals surface area (Å²) in [7, 11) is 0. The molecular formula is C19H21F2NO3. The summed E-state index contributed by atoms with van der Waals surface area (Å²) in [4.78, 5) is 12.1. The predicted octanol–water partition coefficient (Wildman–Crippen LogP) is 4.14. The summed E-state index contributed by atoms with van der Waals surface area (Å²) in [5.41, 5.74) is 2.40. The molecule has 0 radical (unpaired) electrons. The third-order valence-electron chi connectivity index (χ3n) is 3.40. The summed E-state index contributed by atoms with van der Waals surface area (Å²) in [6, 6.07) is 13.3. The maximum Gasteiger partial charge on any atom is 0.387 e. The summed E-state index contributed by atoms with van der Waals surface area (Å²) in [5, 5.41) is 2.79. The molecule has 0 aliphatic rings. The second-order valence-corrected chi connectivity index (χ2v) is 5.76. The summed E-state index contributed by atoms with van der Waals surface area (Å²) in [6.45, 7) is 2.01. The molecule has 0 aliphatic heterocycles. The van der Waals surface area contributed by atoms with E-state index in [-0.39, 0.29) is 17.8 Å². The number of ether oxygens (including phenoxy) is 2. The van der Waals surface area contributed by atoms with E-state index < -0.39 is 6.61 Å². The van der Waals surface area contributed by atoms with E-state index in [9.17, 15) is 13.6 Å². The molecule has 134 valence electrons. The Hall–Kier alpha value is -2.47. The molecule has 0 atom stereocenters. The van der Waals surface area contributed by atoms with Crippen molar-refractivity contribution in [2.24, 2.45) is 0 Å². The molecule has 0 spiro atoms. The Morgan fingerprint density at radius 1 is 1.00 bits per heavy atom. The van der Waals surface area contributed by atoms with Gasteiger partial charge in [0.1, 0.15) is 5.75 Å². The van der Waals surface area contributed by atoms with Crippen LogP contribution in [0.4, 0.5) is 8.78 Å². The summed E-state index contributed by atoms with van der Waals surface area (Å²) in [5.74, 6) is -0.262. The van der Waals surface area contributed by atoms with E-state index in [1.807, 2.05) is 38.1 Å². The molecule has 0 aromatic heterocycles. The van der Waals surface area contributed by atoms with Gasteiger partial charge < -0.3 is 14.8 Å². The van der Waals surface area contributed by atoms with Crippen molar-refractivity contribution in [2.45, 2.75) is 39.7 Å². The number of alkyl halides is 2. The van der Waals surface area contributed by atoms with Crippen LogP contribution in [0.1, 0.15) is 35.3 Å². The number of amides is 1. The van der Waals surface area contributed by atoms with Gasteiger partial charge in [0, 0.05) is 12.1 Å². The molecule has 2 aromatic carbocycles. The second-order valence-electron chi connectivity index (χ2n) is 5.76. The predicted molar refractivity (Wildman–Crippen MR) is 90.6 cm³/mol. The first-order valence-corrected chi connectivity index (χ1v) is 7.96. The number of hydrogen-bond donors (Lipinski definition) is 1. The Kier molecular flexibility index (Phi) is 6.89. The van der Waals surface area contributed by atoms with Crippen molar-refractivity contribution >= 4 is 5.91 Å². The number of nitrogens with one attached hydrogen (secondary N) is 1. The molecule has 0 aliphatic carbocycles. The van der Waals surface area contributed by atoms with Crippen molar-refractivity contribution < 1.29 is 23.0 Å². The van der Waals surface area contributed by atoms with E-state index in [0.29, 0.717) is 18.7 Å². The Morgan fingerprint density at radius 3 is 2.16 bits per heavy atom. The highest BCUT2D eigenvalue weighted by Gasteiger charge is 2.08. The maximum absolute atomic E-state index is 12.1. The number of carbonyl (C=O) groups excluding carboxylic acids is 1. The van der Waals surface area contributed by atoms with Gasteiger partial charge in [-0.1, -0.05) is 24.3 Å². The quantitative estimate of drug-likeness (QED) is 0.779. The topological polar surface area (TPSA) is 47.6 Å². The minimum atomic E-state index is -2.88. The van der Waals surface area contributed by atoms with Gasteiger partial charge in [0.05, 0.1) is 12.7 Å². The molecule has 1 N–H and O–H groups in total. The minimum absolute atomic E-state index is 0.0192. The Labute approximate surface area is 145 Å². The van der Waals surface area contributed by atoms with Crippen molar-refractivity contribution in [1.82, 2.24) is 5.32 Å². The smallest absolute Gasteiger partial charge is 0.387 e. The zero-order valence-electron chi connectivity index (χ0n) is 14.2. The molecule has 25 heavy (non-hydrogen) atoms. The fraction of sp³-hybridized carbons (Fsp3) is 0.316. The lowest BCUT2D eigenvalue weighted by Gasteiger charge is -2.09. The van der Waals surface area contributed by atoms with Crippen LogP contribution in [0.5, 0.6) is 5.75 Å². The molecule has 2 aromatic rings. The number of carbonyl (C=O) groups is 1. The van der Waals surface area contributed by atoms with Gasteiger partial charge in [0.2, 0.25) is 0 Å². The summed E-state index contributed by atoms with van der Waals surface area (Å²) < 4.78 is 34.0. The Morgan fingerprint density at radius 2 is 1.60 bits per heavy atom. The maximum atomic E-state index is 12.1. The summed E-state index contributed by atoms with van der Waals surface area (Å²) in [6.07, 6.45) is 0.177. The third-order valence-corrected chi connectivity index (χ3v) is 3.40. The van der Waals surface area contributed by atoms with Crippen molar-refractivity contribution in [1.29, 1.82) is 0 Å². The zero-order valence-corrected chi connectivity index (χ0v) is 14.2. The van der Waals surface area contributed by atoms with Gasteiger partial charge in [-0.15, -0.1) is 0 Å². The van der Waals surface area contributed by atoms with Crippen LogP contribution in [-0.4, -0.2) is 18.6 Å². The van der Waals surface area contributed by atoms with Crippen molar-refractivity contribution in [3.05, 3.63) is 65.2 Å². The van der Waals surface area contributed by atoms with E-state index in [1.54, 1.807) is 0 Å². The van der Waals surface area contributed by atoms with Crippen LogP contribution in [0.3, 0.4) is 0 Å². The molecular weight excluding hydrogens is 328 g/mol.